The number of pyridine rings is 1. The molecule has 1 N–H and O–H groups in total. The van der Waals surface area contributed by atoms with E-state index in [2.05, 4.69) is 5.32 Å². The summed E-state index contributed by atoms with van der Waals surface area (Å²) in [7, 11) is 1.54. The van der Waals surface area contributed by atoms with Gasteiger partial charge in [-0.2, -0.15) is 0 Å². The number of nitrogens with one attached hydrogen (secondary N) is 1. The zero-order valence-electron chi connectivity index (χ0n) is 10.5. The lowest BCUT2D eigenvalue weighted by Crippen LogP contribution is -2.42. The van der Waals surface area contributed by atoms with Crippen LogP contribution in [0.5, 0.6) is 0 Å². The predicted molar refractivity (Wildman–Crippen MR) is 68.5 cm³/mol. The Bertz CT molecular complexity index is 431. The van der Waals surface area contributed by atoms with Gasteiger partial charge in [-0.15, -0.1) is 0 Å². The van der Waals surface area contributed by atoms with Crippen LogP contribution in [0.25, 0.3) is 0 Å². The second-order valence-electron chi connectivity index (χ2n) is 4.56. The van der Waals surface area contributed by atoms with Gasteiger partial charge in [-0.05, 0) is 12.8 Å². The topological polar surface area (TPSA) is 42.2 Å². The molecule has 1 saturated carbocycles. The van der Waals surface area contributed by atoms with Crippen molar-refractivity contribution >= 4 is 17.5 Å². The lowest BCUT2D eigenvalue weighted by Gasteiger charge is -2.22. The van der Waals surface area contributed by atoms with Gasteiger partial charge >= 0.3 is 0 Å². The van der Waals surface area contributed by atoms with Crippen LogP contribution in [0.15, 0.2) is 18.5 Å². The first-order valence-corrected chi connectivity index (χ1v) is 6.64. The van der Waals surface area contributed by atoms with Crippen molar-refractivity contribution in [1.29, 1.82) is 0 Å². The molecule has 0 radical (unpaired) electrons. The second kappa shape index (κ2) is 6.05. The molecule has 98 valence electrons. The summed E-state index contributed by atoms with van der Waals surface area (Å²) in [5.74, 6) is -0.127. The highest BCUT2D eigenvalue weighted by atomic mass is 35.5. The third kappa shape index (κ3) is 3.13. The SMILES string of the molecule is CO[n+]1ccc(Cl)c(C(=O)NC2CCCCC2)c1. The molecule has 1 amide bonds. The highest BCUT2D eigenvalue weighted by Crippen LogP contribution is 2.19. The first-order valence-electron chi connectivity index (χ1n) is 6.27. The summed E-state index contributed by atoms with van der Waals surface area (Å²) < 4.78 is 1.46. The van der Waals surface area contributed by atoms with Crippen molar-refractivity contribution in [3.63, 3.8) is 0 Å². The largest absolute Gasteiger partial charge is 0.349 e. The van der Waals surface area contributed by atoms with E-state index < -0.39 is 0 Å². The Balaban J connectivity index is 2.07. The van der Waals surface area contributed by atoms with Crippen molar-refractivity contribution in [2.45, 2.75) is 38.1 Å². The summed E-state index contributed by atoms with van der Waals surface area (Å²) in [6.07, 6.45) is 9.01. The molecule has 4 nitrogen and oxygen atoms in total. The van der Waals surface area contributed by atoms with E-state index >= 15 is 0 Å². The maximum Gasteiger partial charge on any atom is 0.259 e. The van der Waals surface area contributed by atoms with Gasteiger partial charge in [0.2, 0.25) is 12.4 Å². The highest BCUT2D eigenvalue weighted by Gasteiger charge is 2.21. The standard InChI is InChI=1S/C13H17ClN2O2/c1-18-16-8-7-12(14)11(9-16)13(17)15-10-5-3-2-4-6-10/h7-10H,2-6H2,1H3/p+1. The van der Waals surface area contributed by atoms with E-state index in [4.69, 9.17) is 16.4 Å². The average Bonchev–Trinajstić information content (AvgIpc) is 2.40. The van der Waals surface area contributed by atoms with Crippen LogP contribution in [-0.4, -0.2) is 19.1 Å². The minimum atomic E-state index is -0.127. The van der Waals surface area contributed by atoms with Crippen molar-refractivity contribution in [1.82, 2.24) is 5.32 Å². The van der Waals surface area contributed by atoms with Crippen molar-refractivity contribution in [2.24, 2.45) is 0 Å². The number of halogens is 1. The number of aromatic nitrogens is 1. The van der Waals surface area contributed by atoms with Crippen LogP contribution < -0.4 is 14.9 Å². The Labute approximate surface area is 112 Å². The number of carbonyl (C=O) groups is 1. The van der Waals surface area contributed by atoms with Crippen LogP contribution in [0, 0.1) is 0 Å². The molecule has 0 bridgehead atoms. The van der Waals surface area contributed by atoms with Crippen molar-refractivity contribution in [3.8, 4) is 0 Å². The Morgan fingerprint density at radius 1 is 1.44 bits per heavy atom. The first-order chi connectivity index (χ1) is 8.70. The third-order valence-corrected chi connectivity index (χ3v) is 3.61. The summed E-state index contributed by atoms with van der Waals surface area (Å²) in [6, 6.07) is 1.93. The molecule has 5 heteroatoms. The molecule has 0 aromatic carbocycles. The Morgan fingerprint density at radius 3 is 2.83 bits per heavy atom. The van der Waals surface area contributed by atoms with E-state index in [-0.39, 0.29) is 11.9 Å². The van der Waals surface area contributed by atoms with Crippen molar-refractivity contribution < 1.29 is 14.4 Å². The molecular formula is C13H18ClN2O2+. The maximum atomic E-state index is 12.1. The highest BCUT2D eigenvalue weighted by molar-refractivity contribution is 6.33. The molecule has 1 aromatic heterocycles. The Kier molecular flexibility index (Phi) is 4.42. The molecule has 0 saturated heterocycles. The summed E-state index contributed by atoms with van der Waals surface area (Å²) in [6.45, 7) is 0. The van der Waals surface area contributed by atoms with Gasteiger partial charge in [0.15, 0.2) is 0 Å². The van der Waals surface area contributed by atoms with Crippen LogP contribution in [-0.2, 0) is 0 Å². The molecule has 1 aliphatic carbocycles. The number of amides is 1. The summed E-state index contributed by atoms with van der Waals surface area (Å²) >= 11 is 6.04. The quantitative estimate of drug-likeness (QED) is 0.850. The molecule has 0 atom stereocenters. The van der Waals surface area contributed by atoms with E-state index in [1.807, 2.05) is 0 Å². The minimum Gasteiger partial charge on any atom is -0.349 e. The molecule has 0 unspecified atom stereocenters. The van der Waals surface area contributed by atoms with E-state index in [1.54, 1.807) is 18.5 Å². The van der Waals surface area contributed by atoms with Crippen LogP contribution in [0.4, 0.5) is 0 Å². The molecule has 18 heavy (non-hydrogen) atoms. The fourth-order valence-electron chi connectivity index (χ4n) is 2.25. The number of nitrogens with zero attached hydrogens (tertiary/aromatic N) is 1. The molecule has 1 fully saturated rings. The van der Waals surface area contributed by atoms with Crippen molar-refractivity contribution in [3.05, 3.63) is 29.0 Å². The van der Waals surface area contributed by atoms with Crippen LogP contribution >= 0.6 is 11.6 Å². The number of rotatable bonds is 3. The van der Waals surface area contributed by atoms with Crippen LogP contribution in [0.3, 0.4) is 0 Å². The Hall–Kier alpha value is -1.29. The fourth-order valence-corrected chi connectivity index (χ4v) is 2.44. The number of carbonyl (C=O) groups excluding carboxylic acids is 1. The van der Waals surface area contributed by atoms with Gasteiger partial charge in [-0.3, -0.25) is 9.63 Å². The average molecular weight is 270 g/mol. The van der Waals surface area contributed by atoms with Gasteiger partial charge in [0.05, 0.1) is 5.02 Å². The monoisotopic (exact) mass is 269 g/mol. The molecule has 2 rings (SSSR count). The third-order valence-electron chi connectivity index (χ3n) is 3.28. The normalized spacial score (nSPS) is 16.3. The summed E-state index contributed by atoms with van der Waals surface area (Å²) in [5.41, 5.74) is 0.451. The zero-order chi connectivity index (χ0) is 13.0. The van der Waals surface area contributed by atoms with Gasteiger partial charge in [-0.1, -0.05) is 30.9 Å². The molecule has 0 aliphatic heterocycles. The number of hydrogen-bond acceptors (Lipinski definition) is 2. The van der Waals surface area contributed by atoms with Crippen molar-refractivity contribution in [2.75, 3.05) is 7.11 Å². The minimum absolute atomic E-state index is 0.127. The van der Waals surface area contributed by atoms with Crippen LogP contribution in [0.1, 0.15) is 42.5 Å². The maximum absolute atomic E-state index is 12.1. The lowest BCUT2D eigenvalue weighted by atomic mass is 9.95. The number of hydrogen-bond donors (Lipinski definition) is 1. The van der Waals surface area contributed by atoms with E-state index in [9.17, 15) is 4.79 Å². The Morgan fingerprint density at radius 2 is 2.17 bits per heavy atom. The van der Waals surface area contributed by atoms with E-state index in [0.717, 1.165) is 12.8 Å². The van der Waals surface area contributed by atoms with E-state index in [0.29, 0.717) is 10.6 Å². The summed E-state index contributed by atoms with van der Waals surface area (Å²) in [4.78, 5) is 17.2. The van der Waals surface area contributed by atoms with Gasteiger partial charge in [0.1, 0.15) is 12.7 Å². The fraction of sp³-hybridized carbons (Fsp3) is 0.538. The predicted octanol–water partition coefficient (Wildman–Crippen LogP) is 1.75. The smallest absolute Gasteiger partial charge is 0.259 e. The summed E-state index contributed by atoms with van der Waals surface area (Å²) in [5, 5.41) is 3.48. The van der Waals surface area contributed by atoms with Gasteiger partial charge in [0, 0.05) is 16.8 Å². The first kappa shape index (κ1) is 13.1. The molecule has 0 spiro atoms. The zero-order valence-corrected chi connectivity index (χ0v) is 11.2. The molecular weight excluding hydrogens is 252 g/mol. The molecule has 1 aliphatic rings. The second-order valence-corrected chi connectivity index (χ2v) is 4.96. The van der Waals surface area contributed by atoms with E-state index in [1.165, 1.54) is 31.1 Å². The van der Waals surface area contributed by atoms with Gasteiger partial charge in [0.25, 0.3) is 5.91 Å². The lowest BCUT2D eigenvalue weighted by molar-refractivity contribution is -0.885. The molecule has 1 heterocycles. The van der Waals surface area contributed by atoms with Gasteiger partial charge < -0.3 is 5.32 Å². The van der Waals surface area contributed by atoms with Crippen LogP contribution in [0.2, 0.25) is 5.02 Å². The van der Waals surface area contributed by atoms with Gasteiger partial charge in [-0.25, -0.2) is 0 Å². The molecule has 1 aromatic rings.